The number of amides is 1. The van der Waals surface area contributed by atoms with E-state index in [4.69, 9.17) is 0 Å². The molecule has 1 aliphatic rings. The second-order valence-corrected chi connectivity index (χ2v) is 10.5. The number of carbonyl (C=O) groups excluding carboxylic acids is 1. The van der Waals surface area contributed by atoms with Crippen molar-refractivity contribution in [2.45, 2.75) is 23.7 Å². The summed E-state index contributed by atoms with van der Waals surface area (Å²) >= 11 is 1.37. The summed E-state index contributed by atoms with van der Waals surface area (Å²) in [7, 11) is -0.751. The predicted octanol–water partition coefficient (Wildman–Crippen LogP) is 3.80. The van der Waals surface area contributed by atoms with Crippen LogP contribution in [-0.2, 0) is 10.0 Å². The van der Waals surface area contributed by atoms with Crippen LogP contribution in [0.4, 0.5) is 14.5 Å². The Hall–Kier alpha value is -2.50. The van der Waals surface area contributed by atoms with Crippen LogP contribution in [0.25, 0.3) is 0 Å². The van der Waals surface area contributed by atoms with Crippen LogP contribution >= 0.6 is 11.8 Å². The van der Waals surface area contributed by atoms with Crippen LogP contribution < -0.4 is 4.74 Å². The molecular formula is C20H21F2N3O4S2. The molecule has 1 aliphatic heterocycles. The number of carbonyl (C=O) groups is 1. The number of nitrogens with zero attached hydrogens (tertiary/aromatic N) is 3. The van der Waals surface area contributed by atoms with E-state index in [1.165, 1.54) is 67.2 Å². The third kappa shape index (κ3) is 5.41. The molecule has 0 unspecified atom stereocenters. The Balaban J connectivity index is 1.92. The molecule has 166 valence electrons. The number of amidine groups is 1. The molecule has 1 saturated heterocycles. The van der Waals surface area contributed by atoms with E-state index in [9.17, 15) is 22.0 Å². The summed E-state index contributed by atoms with van der Waals surface area (Å²) in [5.74, 6) is -0.520. The minimum absolute atomic E-state index is 0.0527. The molecule has 0 aliphatic carbocycles. The van der Waals surface area contributed by atoms with Gasteiger partial charge in [0.25, 0.3) is 5.91 Å². The third-order valence-electron chi connectivity index (χ3n) is 4.35. The lowest BCUT2D eigenvalue weighted by atomic mass is 10.2. The van der Waals surface area contributed by atoms with Gasteiger partial charge >= 0.3 is 6.61 Å². The van der Waals surface area contributed by atoms with Gasteiger partial charge in [0.05, 0.1) is 10.6 Å². The van der Waals surface area contributed by atoms with Gasteiger partial charge in [0, 0.05) is 31.5 Å². The first-order valence-electron chi connectivity index (χ1n) is 9.22. The number of rotatable bonds is 6. The minimum atomic E-state index is -3.63. The summed E-state index contributed by atoms with van der Waals surface area (Å²) in [6.45, 7) is -0.690. The van der Waals surface area contributed by atoms with Crippen molar-refractivity contribution in [1.82, 2.24) is 9.21 Å². The summed E-state index contributed by atoms with van der Waals surface area (Å²) < 4.78 is 55.2. The summed E-state index contributed by atoms with van der Waals surface area (Å²) in [4.78, 5) is 19.1. The van der Waals surface area contributed by atoms with Crippen molar-refractivity contribution in [3.05, 3.63) is 54.1 Å². The Morgan fingerprint density at radius 1 is 1.23 bits per heavy atom. The molecule has 1 amide bonds. The molecule has 2 aromatic carbocycles. The number of sulfonamides is 1. The van der Waals surface area contributed by atoms with E-state index in [0.29, 0.717) is 17.4 Å². The van der Waals surface area contributed by atoms with Gasteiger partial charge in [-0.25, -0.2) is 17.7 Å². The largest absolute Gasteiger partial charge is 0.435 e. The van der Waals surface area contributed by atoms with Gasteiger partial charge in [0.2, 0.25) is 10.0 Å². The average molecular weight is 470 g/mol. The van der Waals surface area contributed by atoms with Crippen molar-refractivity contribution < 1.29 is 26.7 Å². The molecule has 7 nitrogen and oxygen atoms in total. The SMILES string of the molecule is C[C@@H]1CN(C(=O)c2cccc(OC(F)F)c2)C(=Nc2cccc(S(=O)(=O)N(C)C)c2)S1. The molecule has 0 N–H and O–H groups in total. The first-order chi connectivity index (χ1) is 14.6. The zero-order valence-corrected chi connectivity index (χ0v) is 18.7. The van der Waals surface area contributed by atoms with Gasteiger partial charge in [0.1, 0.15) is 5.75 Å². The van der Waals surface area contributed by atoms with Crippen LogP contribution in [0.1, 0.15) is 17.3 Å². The minimum Gasteiger partial charge on any atom is -0.435 e. The number of halogens is 2. The van der Waals surface area contributed by atoms with Crippen molar-refractivity contribution >= 4 is 38.5 Å². The van der Waals surface area contributed by atoms with Gasteiger partial charge in [-0.3, -0.25) is 9.69 Å². The fraction of sp³-hybridized carbons (Fsp3) is 0.300. The molecule has 1 heterocycles. The topological polar surface area (TPSA) is 79.3 Å². The highest BCUT2D eigenvalue weighted by molar-refractivity contribution is 8.14. The normalized spacial score (nSPS) is 18.2. The summed E-state index contributed by atoms with van der Waals surface area (Å²) in [5, 5.41) is 0.453. The number of hydrogen-bond donors (Lipinski definition) is 0. The van der Waals surface area contributed by atoms with Crippen LogP contribution in [0.5, 0.6) is 5.75 Å². The zero-order chi connectivity index (χ0) is 22.8. The Kier molecular flexibility index (Phi) is 6.97. The molecule has 0 radical (unpaired) electrons. The molecule has 1 atom stereocenters. The first kappa shape index (κ1) is 23.2. The van der Waals surface area contributed by atoms with Gasteiger partial charge in [-0.2, -0.15) is 8.78 Å². The molecule has 2 aromatic rings. The lowest BCUT2D eigenvalue weighted by Gasteiger charge is -2.17. The van der Waals surface area contributed by atoms with E-state index in [2.05, 4.69) is 9.73 Å². The van der Waals surface area contributed by atoms with Gasteiger partial charge in [-0.1, -0.05) is 30.8 Å². The molecule has 11 heteroatoms. The van der Waals surface area contributed by atoms with Crippen LogP contribution in [-0.4, -0.2) is 61.2 Å². The number of hydrogen-bond acceptors (Lipinski definition) is 6. The predicted molar refractivity (Wildman–Crippen MR) is 116 cm³/mol. The Morgan fingerprint density at radius 3 is 2.61 bits per heavy atom. The number of aliphatic imine (C=N–C) groups is 1. The second kappa shape index (κ2) is 9.33. The Bertz CT molecular complexity index is 1110. The van der Waals surface area contributed by atoms with Gasteiger partial charge in [0.15, 0.2) is 5.17 Å². The quantitative estimate of drug-likeness (QED) is 0.643. The number of ether oxygens (including phenoxy) is 1. The van der Waals surface area contributed by atoms with E-state index < -0.39 is 22.5 Å². The maximum Gasteiger partial charge on any atom is 0.387 e. The highest BCUT2D eigenvalue weighted by atomic mass is 32.2. The fourth-order valence-corrected chi connectivity index (χ4v) is 4.84. The second-order valence-electron chi connectivity index (χ2n) is 6.93. The van der Waals surface area contributed by atoms with E-state index >= 15 is 0 Å². The molecular weight excluding hydrogens is 448 g/mol. The molecule has 31 heavy (non-hydrogen) atoms. The van der Waals surface area contributed by atoms with Gasteiger partial charge in [-0.15, -0.1) is 0 Å². The van der Waals surface area contributed by atoms with Crippen LogP contribution in [0, 0.1) is 0 Å². The molecule has 0 bridgehead atoms. The van der Waals surface area contributed by atoms with Crippen molar-refractivity contribution in [2.24, 2.45) is 4.99 Å². The highest BCUT2D eigenvalue weighted by Crippen LogP contribution is 2.31. The fourth-order valence-electron chi connectivity index (χ4n) is 2.87. The number of alkyl halides is 2. The van der Waals surface area contributed by atoms with Crippen molar-refractivity contribution in [1.29, 1.82) is 0 Å². The van der Waals surface area contributed by atoms with E-state index in [0.717, 1.165) is 4.31 Å². The highest BCUT2D eigenvalue weighted by Gasteiger charge is 2.32. The van der Waals surface area contributed by atoms with E-state index in [1.807, 2.05) is 6.92 Å². The van der Waals surface area contributed by atoms with Crippen molar-refractivity contribution in [3.63, 3.8) is 0 Å². The van der Waals surface area contributed by atoms with Crippen molar-refractivity contribution in [2.75, 3.05) is 20.6 Å². The van der Waals surface area contributed by atoms with Gasteiger partial charge < -0.3 is 4.74 Å². The molecule has 3 rings (SSSR count). The maximum atomic E-state index is 13.0. The van der Waals surface area contributed by atoms with Crippen LogP contribution in [0.2, 0.25) is 0 Å². The molecule has 0 aromatic heterocycles. The smallest absolute Gasteiger partial charge is 0.387 e. The third-order valence-corrected chi connectivity index (χ3v) is 7.23. The molecule has 0 spiro atoms. The van der Waals surface area contributed by atoms with E-state index in [-0.39, 0.29) is 21.5 Å². The number of thioether (sulfide) groups is 1. The monoisotopic (exact) mass is 469 g/mol. The summed E-state index contributed by atoms with van der Waals surface area (Å²) in [5.41, 5.74) is 0.566. The summed E-state index contributed by atoms with van der Waals surface area (Å²) in [6, 6.07) is 11.7. The molecule has 0 saturated carbocycles. The maximum absolute atomic E-state index is 13.0. The van der Waals surface area contributed by atoms with Crippen LogP contribution in [0.15, 0.2) is 58.4 Å². The van der Waals surface area contributed by atoms with Crippen LogP contribution in [0.3, 0.4) is 0 Å². The Morgan fingerprint density at radius 2 is 1.94 bits per heavy atom. The first-order valence-corrected chi connectivity index (χ1v) is 11.5. The lowest BCUT2D eigenvalue weighted by Crippen LogP contribution is -2.32. The molecule has 1 fully saturated rings. The standard InChI is InChI=1S/C20H21F2N3O4S2/c1-13-12-25(18(26)14-6-4-8-16(10-14)29-19(21)22)20(30-13)23-15-7-5-9-17(11-15)31(27,28)24(2)3/h4-11,13,19H,12H2,1-3H3/t13-/m1/s1. The van der Waals surface area contributed by atoms with Gasteiger partial charge in [-0.05, 0) is 36.4 Å². The van der Waals surface area contributed by atoms with Crippen molar-refractivity contribution in [3.8, 4) is 5.75 Å². The lowest BCUT2D eigenvalue weighted by molar-refractivity contribution is -0.0499. The average Bonchev–Trinajstić information content (AvgIpc) is 3.07. The van der Waals surface area contributed by atoms with E-state index in [1.54, 1.807) is 12.1 Å². The zero-order valence-electron chi connectivity index (χ0n) is 17.0. The Labute approximate surface area is 183 Å². The summed E-state index contributed by atoms with van der Waals surface area (Å²) in [6.07, 6.45) is 0. The number of benzene rings is 2.